The van der Waals surface area contributed by atoms with E-state index in [0.717, 1.165) is 161 Å². The van der Waals surface area contributed by atoms with Gasteiger partial charge in [0.2, 0.25) is 0 Å². The number of aliphatic hydroxyl groups is 4. The van der Waals surface area contributed by atoms with Gasteiger partial charge in [0.15, 0.2) is 0 Å². The van der Waals surface area contributed by atoms with Gasteiger partial charge in [-0.05, 0) is 191 Å². The van der Waals surface area contributed by atoms with Crippen molar-refractivity contribution in [2.24, 2.45) is 11.3 Å². The number of aliphatic hydroxyl groups excluding tert-OH is 2. The summed E-state index contributed by atoms with van der Waals surface area (Å²) in [4.78, 5) is 31.8. The van der Waals surface area contributed by atoms with E-state index in [-0.39, 0.29) is 28.9 Å². The van der Waals surface area contributed by atoms with E-state index in [9.17, 15) is 35.1 Å². The Morgan fingerprint density at radius 2 is 0.851 bits per heavy atom. The molecule has 3 saturated heterocycles. The lowest BCUT2D eigenvalue weighted by Crippen LogP contribution is -2.55. The van der Waals surface area contributed by atoms with E-state index in [1.165, 1.54) is 16.7 Å². The summed E-state index contributed by atoms with van der Waals surface area (Å²) in [5, 5.41) is 64.6. The van der Waals surface area contributed by atoms with E-state index in [2.05, 4.69) is 139 Å². The molecule has 3 unspecified atom stereocenters. The van der Waals surface area contributed by atoms with Crippen LogP contribution in [0.5, 0.6) is 0 Å². The second-order valence-corrected chi connectivity index (χ2v) is 30.4. The lowest BCUT2D eigenvalue weighted by atomic mass is 9.61. The van der Waals surface area contributed by atoms with Gasteiger partial charge in [0.25, 0.3) is 0 Å². The number of likely N-dealkylation sites (tertiary alicyclic amines) is 2. The molecule has 0 aromatic heterocycles. The lowest BCUT2D eigenvalue weighted by Gasteiger charge is -2.50. The number of hydrogen-bond donors (Lipinski definition) is 6. The van der Waals surface area contributed by atoms with Gasteiger partial charge in [-0.2, -0.15) is 0 Å². The van der Waals surface area contributed by atoms with Crippen LogP contribution in [0.1, 0.15) is 168 Å². The summed E-state index contributed by atoms with van der Waals surface area (Å²) >= 11 is 6.12. The monoisotopic (exact) mass is 1390 g/mol. The number of ether oxygens (including phenoxy) is 1. The first-order valence-electron chi connectivity index (χ1n) is 36.4. The summed E-state index contributed by atoms with van der Waals surface area (Å²) < 4.78 is 5.17. The van der Waals surface area contributed by atoms with Gasteiger partial charge < -0.3 is 45.2 Å². The Bertz CT molecular complexity index is 3680. The lowest BCUT2D eigenvalue weighted by molar-refractivity contribution is -0.143. The van der Waals surface area contributed by atoms with Crippen molar-refractivity contribution in [3.05, 3.63) is 285 Å². The zero-order valence-corrected chi connectivity index (χ0v) is 61.3. The van der Waals surface area contributed by atoms with Crippen molar-refractivity contribution in [2.75, 3.05) is 85.2 Å². The molecule has 3 aliphatic rings. The SMILES string of the molecule is CC(C)(C(=O)O)c1ccc(C(O)CCCN2CCC(C(O)(c3ccccc3)c3ccccc3)CC2)cc1.CC(C)(C)c1ccc(C(O)CCCN2CCC(C)(C(O)(c3ccccc3)c3ccccc3)CC2)cc1.CC(c1ccccc1)(c1ccc(Cl)cc1)N1CCN(CCOCC(=O)O)CC1. The van der Waals surface area contributed by atoms with E-state index in [1.807, 2.05) is 127 Å². The average molecular weight is 1390 g/mol. The van der Waals surface area contributed by atoms with E-state index in [4.69, 9.17) is 21.4 Å². The van der Waals surface area contributed by atoms with Crippen molar-refractivity contribution < 1.29 is 45.0 Å². The van der Waals surface area contributed by atoms with Gasteiger partial charge >= 0.3 is 11.9 Å². The topological polar surface area (TPSA) is 178 Å². The molecule has 13 nitrogen and oxygen atoms in total. The van der Waals surface area contributed by atoms with Crippen molar-refractivity contribution >= 4 is 23.5 Å². The molecule has 0 bridgehead atoms. The van der Waals surface area contributed by atoms with Crippen molar-refractivity contribution in [3.63, 3.8) is 0 Å². The highest BCUT2D eigenvalue weighted by atomic mass is 35.5. The van der Waals surface area contributed by atoms with Gasteiger partial charge in [-0.25, -0.2) is 4.79 Å². The number of rotatable bonds is 26. The Balaban J connectivity index is 0.000000178. The molecule has 14 heteroatoms. The van der Waals surface area contributed by atoms with Crippen molar-refractivity contribution in [3.8, 4) is 0 Å². The molecule has 3 fully saturated rings. The quantitative estimate of drug-likeness (QED) is 0.0283. The molecule has 8 aromatic carbocycles. The van der Waals surface area contributed by atoms with Gasteiger partial charge in [-0.3, -0.25) is 14.6 Å². The zero-order chi connectivity index (χ0) is 72.3. The predicted octanol–water partition coefficient (Wildman–Crippen LogP) is 15.7. The molecule has 3 atom stereocenters. The third kappa shape index (κ3) is 19.7. The highest BCUT2D eigenvalue weighted by Crippen LogP contribution is 2.51. The standard InChI is InChI=1S/C33H43NO2.C32H39NO4.C22H27ClN2O3/c1-31(2,3)27-19-17-26(18-20-27)30(35)16-11-23-34-24-21-32(4,22-25-34)33(36,28-12-7-5-8-13-28)29-14-9-6-10-15-29;1-31(2,30(35)36)25-17-15-24(16-18-25)29(34)14-9-21-33-22-19-28(20-23-33)32(37,26-10-5-3-6-11-26)27-12-7-4-8-13-27;1-22(18-5-3-2-4-6-18,19-7-9-20(23)10-8-19)25-13-11-24(12-14-25)15-16-28-17-21(26)27/h5-10,12-15,17-20,30,35-36H,11,16,21-25H2,1-4H3;3-8,10-13,15-18,28-29,34,37H,9,14,19-23H2,1-2H3,(H,35,36);2-10H,11-17H2,1H3,(H,26,27). The number of benzene rings is 8. The smallest absolute Gasteiger partial charge is 0.329 e. The normalized spacial score (nSPS) is 17.3. The van der Waals surface area contributed by atoms with Crippen LogP contribution in [0.25, 0.3) is 0 Å². The molecule has 101 heavy (non-hydrogen) atoms. The van der Waals surface area contributed by atoms with Crippen LogP contribution in [-0.2, 0) is 41.9 Å². The number of piperidine rings is 2. The first-order valence-corrected chi connectivity index (χ1v) is 36.7. The number of halogens is 1. The predicted molar refractivity (Wildman–Crippen MR) is 406 cm³/mol. The average Bonchev–Trinajstić information content (AvgIpc) is 0.883. The molecule has 0 radical (unpaired) electrons. The number of carboxylic acids is 2. The number of nitrogens with zero attached hydrogens (tertiary/aromatic N) is 4. The van der Waals surface area contributed by atoms with E-state index >= 15 is 0 Å². The van der Waals surface area contributed by atoms with Crippen LogP contribution in [0.2, 0.25) is 5.02 Å². The molecule has 8 aromatic rings. The van der Waals surface area contributed by atoms with Crippen LogP contribution in [0.4, 0.5) is 0 Å². The minimum atomic E-state index is -1.03. The number of carboxylic acid groups (broad SMARTS) is 2. The van der Waals surface area contributed by atoms with Crippen LogP contribution in [-0.4, -0.2) is 147 Å². The van der Waals surface area contributed by atoms with Crippen LogP contribution < -0.4 is 0 Å². The Morgan fingerprint density at radius 1 is 0.475 bits per heavy atom. The van der Waals surface area contributed by atoms with Crippen molar-refractivity contribution in [1.29, 1.82) is 0 Å². The van der Waals surface area contributed by atoms with Gasteiger partial charge in [-0.15, -0.1) is 0 Å². The molecule has 11 rings (SSSR count). The zero-order valence-electron chi connectivity index (χ0n) is 60.5. The highest BCUT2D eigenvalue weighted by molar-refractivity contribution is 6.30. The Kier molecular flexibility index (Phi) is 27.5. The van der Waals surface area contributed by atoms with Crippen LogP contribution >= 0.6 is 11.6 Å². The molecular formula is C87H109ClN4O9. The fraction of sp³-hybridized carbons (Fsp3) is 0.425. The second kappa shape index (κ2) is 35.7. The first kappa shape index (κ1) is 77.8. The summed E-state index contributed by atoms with van der Waals surface area (Å²) in [6.45, 7) is 24.8. The Morgan fingerprint density at radius 3 is 1.27 bits per heavy atom. The molecular weight excluding hydrogens is 1280 g/mol. The third-order valence-corrected chi connectivity index (χ3v) is 22.2. The molecule has 3 heterocycles. The molecule has 0 aliphatic carbocycles. The first-order chi connectivity index (χ1) is 48.4. The largest absolute Gasteiger partial charge is 0.481 e. The molecule has 3 aliphatic heterocycles. The van der Waals surface area contributed by atoms with E-state index in [1.54, 1.807) is 26.0 Å². The van der Waals surface area contributed by atoms with Crippen LogP contribution in [0, 0.1) is 11.3 Å². The summed E-state index contributed by atoms with van der Waals surface area (Å²) in [6, 6.07) is 74.7. The van der Waals surface area contributed by atoms with Gasteiger partial charge in [0.1, 0.15) is 17.8 Å². The van der Waals surface area contributed by atoms with Crippen LogP contribution in [0.15, 0.2) is 224 Å². The maximum atomic E-state index is 12.3. The molecule has 0 amide bonds. The molecule has 0 saturated carbocycles. The summed E-state index contributed by atoms with van der Waals surface area (Å²) in [5.41, 5.74) is 6.78. The van der Waals surface area contributed by atoms with E-state index in [0.29, 0.717) is 13.0 Å². The summed E-state index contributed by atoms with van der Waals surface area (Å²) in [6.07, 6.45) is 5.91. The Hall–Kier alpha value is -7.37. The minimum absolute atomic E-state index is 0.124. The van der Waals surface area contributed by atoms with Crippen LogP contribution in [0.3, 0.4) is 0 Å². The summed E-state index contributed by atoms with van der Waals surface area (Å²) in [5.74, 6) is -1.66. The third-order valence-electron chi connectivity index (χ3n) is 22.0. The number of aliphatic carboxylic acids is 2. The summed E-state index contributed by atoms with van der Waals surface area (Å²) in [7, 11) is 0. The van der Waals surface area contributed by atoms with Gasteiger partial charge in [-0.1, -0.05) is 252 Å². The van der Waals surface area contributed by atoms with Gasteiger partial charge in [0, 0.05) is 43.2 Å². The second-order valence-electron chi connectivity index (χ2n) is 29.9. The van der Waals surface area contributed by atoms with E-state index < -0.39 is 40.8 Å². The fourth-order valence-corrected chi connectivity index (χ4v) is 15.2. The maximum Gasteiger partial charge on any atom is 0.329 e. The van der Waals surface area contributed by atoms with Crippen molar-refractivity contribution in [1.82, 2.24) is 19.6 Å². The fourth-order valence-electron chi connectivity index (χ4n) is 15.1. The van der Waals surface area contributed by atoms with Crippen molar-refractivity contribution in [2.45, 2.75) is 140 Å². The molecule has 538 valence electrons. The molecule has 0 spiro atoms. The number of hydrogen-bond acceptors (Lipinski definition) is 11. The maximum absolute atomic E-state index is 12.3. The molecule has 6 N–H and O–H groups in total. The number of carbonyl (C=O) groups is 2. The minimum Gasteiger partial charge on any atom is -0.481 e. The van der Waals surface area contributed by atoms with Gasteiger partial charge in [0.05, 0.1) is 29.8 Å². The number of piperazine rings is 1. The highest BCUT2D eigenvalue weighted by Gasteiger charge is 2.51. The Labute approximate surface area is 606 Å².